The fourth-order valence-corrected chi connectivity index (χ4v) is 3.12. The zero-order chi connectivity index (χ0) is 14.6. The second kappa shape index (κ2) is 6.91. The number of rotatable bonds is 4. The van der Waals surface area contributed by atoms with E-state index in [-0.39, 0.29) is 12.5 Å². The molecule has 0 unspecified atom stereocenters. The number of nitrogens with zero attached hydrogens (tertiary/aromatic N) is 1. The number of benzene rings is 1. The average Bonchev–Trinajstić information content (AvgIpc) is 2.41. The molecule has 112 valence electrons. The second-order valence-corrected chi connectivity index (χ2v) is 5.83. The fraction of sp³-hybridized carbons (Fsp3) is 0.571. The Balaban J connectivity index is 2.17. The summed E-state index contributed by atoms with van der Waals surface area (Å²) < 4.78 is 38.6. The highest BCUT2D eigenvalue weighted by Gasteiger charge is 2.31. The number of hydrogen-bond donors (Lipinski definition) is 1. The summed E-state index contributed by atoms with van der Waals surface area (Å²) in [4.78, 5) is 2.14. The molecule has 6 heteroatoms. The zero-order valence-corrected chi connectivity index (χ0v) is 12.7. The molecule has 1 aliphatic rings. The summed E-state index contributed by atoms with van der Waals surface area (Å²) >= 11 is 3.46. The smallest absolute Gasteiger partial charge is 0.314 e. The molecule has 0 radical (unpaired) electrons. The molecule has 1 aliphatic heterocycles. The van der Waals surface area contributed by atoms with E-state index in [1.54, 1.807) is 0 Å². The van der Waals surface area contributed by atoms with Crippen LogP contribution < -0.4 is 5.32 Å². The van der Waals surface area contributed by atoms with Gasteiger partial charge in [0.25, 0.3) is 0 Å². The molecule has 1 aromatic carbocycles. The molecule has 2 nitrogen and oxygen atoms in total. The molecule has 1 fully saturated rings. The summed E-state index contributed by atoms with van der Waals surface area (Å²) in [5.41, 5.74) is 0.943. The van der Waals surface area contributed by atoms with Crippen LogP contribution in [0.4, 0.5) is 13.2 Å². The minimum Gasteiger partial charge on any atom is -0.314 e. The minimum atomic E-state index is -4.10. The lowest BCUT2D eigenvalue weighted by Gasteiger charge is -2.36. The van der Waals surface area contributed by atoms with Crippen LogP contribution in [0.2, 0.25) is 0 Å². The third-order valence-electron chi connectivity index (χ3n) is 3.56. The molecule has 0 amide bonds. The summed E-state index contributed by atoms with van der Waals surface area (Å²) in [5, 5.41) is 3.23. The van der Waals surface area contributed by atoms with E-state index in [2.05, 4.69) is 26.1 Å². The van der Waals surface area contributed by atoms with Gasteiger partial charge in [-0.2, -0.15) is 13.2 Å². The van der Waals surface area contributed by atoms with E-state index >= 15 is 0 Å². The van der Waals surface area contributed by atoms with Crippen molar-refractivity contribution in [2.75, 3.05) is 26.2 Å². The van der Waals surface area contributed by atoms with E-state index in [1.165, 1.54) is 0 Å². The summed E-state index contributed by atoms with van der Waals surface area (Å²) in [5.74, 6) is 0. The van der Waals surface area contributed by atoms with Crippen LogP contribution in [0.25, 0.3) is 0 Å². The molecule has 1 N–H and O–H groups in total. The molecule has 0 saturated carbocycles. The van der Waals surface area contributed by atoms with E-state index in [0.29, 0.717) is 0 Å². The Labute approximate surface area is 125 Å². The van der Waals surface area contributed by atoms with Crippen LogP contribution in [0.5, 0.6) is 0 Å². The van der Waals surface area contributed by atoms with Crippen molar-refractivity contribution in [1.29, 1.82) is 0 Å². The summed E-state index contributed by atoms with van der Waals surface area (Å²) in [6, 6.07) is 7.37. The SMILES string of the molecule is FC(F)(F)CC[C@@H](c1ccccc1Br)N1CCNCC1. The van der Waals surface area contributed by atoms with Gasteiger partial charge in [-0.25, -0.2) is 0 Å². The van der Waals surface area contributed by atoms with Gasteiger partial charge in [0.15, 0.2) is 0 Å². The molecule has 1 heterocycles. The van der Waals surface area contributed by atoms with Crippen LogP contribution in [0.1, 0.15) is 24.4 Å². The lowest BCUT2D eigenvalue weighted by molar-refractivity contribution is -0.138. The molecule has 20 heavy (non-hydrogen) atoms. The molecule has 0 bridgehead atoms. The summed E-state index contributed by atoms with van der Waals surface area (Å²) in [6.07, 6.45) is -4.75. The van der Waals surface area contributed by atoms with Crippen LogP contribution in [0.3, 0.4) is 0 Å². The van der Waals surface area contributed by atoms with Crippen molar-refractivity contribution < 1.29 is 13.2 Å². The van der Waals surface area contributed by atoms with Crippen molar-refractivity contribution in [3.8, 4) is 0 Å². The minimum absolute atomic E-state index is 0.103. The van der Waals surface area contributed by atoms with Crippen molar-refractivity contribution in [3.05, 3.63) is 34.3 Å². The van der Waals surface area contributed by atoms with Gasteiger partial charge < -0.3 is 5.32 Å². The van der Waals surface area contributed by atoms with Gasteiger partial charge in [0.2, 0.25) is 0 Å². The Bertz CT molecular complexity index is 431. The Kier molecular flexibility index (Phi) is 5.46. The Hall–Kier alpha value is -0.590. The first-order chi connectivity index (χ1) is 9.47. The third kappa shape index (κ3) is 4.46. The largest absolute Gasteiger partial charge is 0.389 e. The van der Waals surface area contributed by atoms with E-state index in [4.69, 9.17) is 0 Å². The molecule has 2 rings (SSSR count). The Morgan fingerprint density at radius 1 is 1.20 bits per heavy atom. The first-order valence-corrected chi connectivity index (χ1v) is 7.52. The van der Waals surface area contributed by atoms with Gasteiger partial charge in [-0.1, -0.05) is 34.1 Å². The molecular weight excluding hydrogens is 333 g/mol. The zero-order valence-electron chi connectivity index (χ0n) is 11.1. The first-order valence-electron chi connectivity index (χ1n) is 6.73. The number of hydrogen-bond acceptors (Lipinski definition) is 2. The maximum atomic E-state index is 12.6. The highest BCUT2D eigenvalue weighted by molar-refractivity contribution is 9.10. The van der Waals surface area contributed by atoms with Crippen LogP contribution >= 0.6 is 15.9 Å². The summed E-state index contributed by atoms with van der Waals surface area (Å²) in [7, 11) is 0. The standard InChI is InChI=1S/C14H18BrF3N2/c15-12-4-2-1-3-11(12)13(5-6-14(16,17)18)20-9-7-19-8-10-20/h1-4,13,19H,5-10H2/t13-/m0/s1. The van der Waals surface area contributed by atoms with Gasteiger partial charge in [0, 0.05) is 43.1 Å². The normalized spacial score (nSPS) is 19.0. The van der Waals surface area contributed by atoms with Crippen molar-refractivity contribution in [3.63, 3.8) is 0 Å². The van der Waals surface area contributed by atoms with Crippen molar-refractivity contribution >= 4 is 15.9 Å². The number of alkyl halides is 3. The van der Waals surface area contributed by atoms with Gasteiger partial charge in [-0.15, -0.1) is 0 Å². The molecule has 0 aliphatic carbocycles. The van der Waals surface area contributed by atoms with Crippen LogP contribution in [-0.2, 0) is 0 Å². The molecule has 1 atom stereocenters. The first kappa shape index (κ1) is 15.8. The third-order valence-corrected chi connectivity index (χ3v) is 4.28. The van der Waals surface area contributed by atoms with Gasteiger partial charge in [-0.05, 0) is 18.1 Å². The van der Waals surface area contributed by atoms with E-state index < -0.39 is 12.6 Å². The highest BCUT2D eigenvalue weighted by Crippen LogP contribution is 2.34. The van der Waals surface area contributed by atoms with Crippen LogP contribution in [0.15, 0.2) is 28.7 Å². The second-order valence-electron chi connectivity index (χ2n) is 4.98. The number of piperazine rings is 1. The lowest BCUT2D eigenvalue weighted by Crippen LogP contribution is -2.45. The predicted octanol–water partition coefficient (Wildman–Crippen LogP) is 3.74. The molecular formula is C14H18BrF3N2. The number of halogens is 4. The van der Waals surface area contributed by atoms with Crippen LogP contribution in [0, 0.1) is 0 Å². The number of nitrogens with one attached hydrogen (secondary N) is 1. The van der Waals surface area contributed by atoms with E-state index in [9.17, 15) is 13.2 Å². The quantitative estimate of drug-likeness (QED) is 0.889. The van der Waals surface area contributed by atoms with Crippen molar-refractivity contribution in [2.45, 2.75) is 25.1 Å². The highest BCUT2D eigenvalue weighted by atomic mass is 79.9. The monoisotopic (exact) mass is 350 g/mol. The Morgan fingerprint density at radius 2 is 1.85 bits per heavy atom. The van der Waals surface area contributed by atoms with Crippen molar-refractivity contribution in [1.82, 2.24) is 10.2 Å². The van der Waals surface area contributed by atoms with Gasteiger partial charge in [-0.3, -0.25) is 4.90 Å². The van der Waals surface area contributed by atoms with Gasteiger partial charge in [0.05, 0.1) is 0 Å². The molecule has 0 spiro atoms. The molecule has 0 aromatic heterocycles. The lowest BCUT2D eigenvalue weighted by atomic mass is 9.99. The van der Waals surface area contributed by atoms with Gasteiger partial charge >= 0.3 is 6.18 Å². The predicted molar refractivity (Wildman–Crippen MR) is 76.6 cm³/mol. The molecule has 1 aromatic rings. The van der Waals surface area contributed by atoms with Gasteiger partial charge in [0.1, 0.15) is 0 Å². The molecule has 1 saturated heterocycles. The summed E-state index contributed by atoms with van der Waals surface area (Å²) in [6.45, 7) is 3.22. The topological polar surface area (TPSA) is 15.3 Å². The maximum absolute atomic E-state index is 12.6. The fourth-order valence-electron chi connectivity index (χ4n) is 2.57. The van der Waals surface area contributed by atoms with Crippen LogP contribution in [-0.4, -0.2) is 37.3 Å². The maximum Gasteiger partial charge on any atom is 0.389 e. The van der Waals surface area contributed by atoms with Crippen molar-refractivity contribution in [2.24, 2.45) is 0 Å². The van der Waals surface area contributed by atoms with E-state index in [0.717, 1.165) is 36.2 Å². The Morgan fingerprint density at radius 3 is 2.45 bits per heavy atom. The van der Waals surface area contributed by atoms with E-state index in [1.807, 2.05) is 24.3 Å². The average molecular weight is 351 g/mol.